The van der Waals surface area contributed by atoms with Crippen LogP contribution in [0.1, 0.15) is 99.3 Å². The first-order valence-electron chi connectivity index (χ1n) is 9.54. The molecule has 4 atom stereocenters. The maximum absolute atomic E-state index is 10.0. The molecule has 1 heteroatoms. The first-order valence-corrected chi connectivity index (χ1v) is 9.54. The Morgan fingerprint density at radius 2 is 1.14 bits per heavy atom. The van der Waals surface area contributed by atoms with Gasteiger partial charge in [0.2, 0.25) is 0 Å². The molecule has 0 radical (unpaired) electrons. The molecule has 0 aromatic rings. The van der Waals surface area contributed by atoms with E-state index in [0.29, 0.717) is 5.92 Å². The largest absolute Gasteiger partial charge is 0.393 e. The summed E-state index contributed by atoms with van der Waals surface area (Å²) in [6.45, 7) is 13.7. The van der Waals surface area contributed by atoms with Crippen LogP contribution in [0.15, 0.2) is 0 Å². The van der Waals surface area contributed by atoms with Crippen molar-refractivity contribution in [2.75, 3.05) is 0 Å². The van der Waals surface area contributed by atoms with E-state index >= 15 is 0 Å². The second-order valence-corrected chi connectivity index (χ2v) is 8.00. The summed E-state index contributed by atoms with van der Waals surface area (Å²) < 4.78 is 0. The lowest BCUT2D eigenvalue weighted by molar-refractivity contribution is 0.0981. The maximum Gasteiger partial charge on any atom is 0.0565 e. The molecule has 0 amide bonds. The Kier molecular flexibility index (Phi) is 12.5. The van der Waals surface area contributed by atoms with E-state index in [1.54, 1.807) is 0 Å². The van der Waals surface area contributed by atoms with Gasteiger partial charge in [-0.15, -0.1) is 0 Å². The highest BCUT2D eigenvalue weighted by atomic mass is 16.3. The third-order valence-electron chi connectivity index (χ3n) is 5.13. The average molecular weight is 299 g/mol. The molecule has 0 bridgehead atoms. The van der Waals surface area contributed by atoms with Crippen molar-refractivity contribution in [2.24, 2.45) is 23.7 Å². The van der Waals surface area contributed by atoms with Crippen LogP contribution < -0.4 is 0 Å². The molecule has 2 unspecified atom stereocenters. The second-order valence-electron chi connectivity index (χ2n) is 8.00. The molecular weight excluding hydrogens is 256 g/mol. The molecule has 0 rings (SSSR count). The van der Waals surface area contributed by atoms with Gasteiger partial charge in [-0.25, -0.2) is 0 Å². The average Bonchev–Trinajstić information content (AvgIpc) is 2.43. The number of hydrogen-bond acceptors (Lipinski definition) is 1. The van der Waals surface area contributed by atoms with E-state index in [4.69, 9.17) is 0 Å². The summed E-state index contributed by atoms with van der Waals surface area (Å²) in [5, 5.41) is 10.0. The molecular formula is C20H42O. The van der Waals surface area contributed by atoms with Crippen molar-refractivity contribution in [2.45, 2.75) is 105 Å². The van der Waals surface area contributed by atoms with Crippen molar-refractivity contribution in [3.63, 3.8) is 0 Å². The monoisotopic (exact) mass is 298 g/mol. The zero-order chi connectivity index (χ0) is 16.3. The zero-order valence-corrected chi connectivity index (χ0v) is 15.7. The fraction of sp³-hybridized carbons (Fsp3) is 1.00. The minimum absolute atomic E-state index is 0.0904. The third kappa shape index (κ3) is 12.2. The Labute approximate surface area is 134 Å². The van der Waals surface area contributed by atoms with Crippen molar-refractivity contribution in [1.82, 2.24) is 0 Å². The topological polar surface area (TPSA) is 20.2 Å². The summed E-state index contributed by atoms with van der Waals surface area (Å²) in [4.78, 5) is 0. The van der Waals surface area contributed by atoms with Crippen LogP contribution >= 0.6 is 0 Å². The minimum Gasteiger partial charge on any atom is -0.393 e. The number of rotatable bonds is 13. The van der Waals surface area contributed by atoms with Crippen molar-refractivity contribution < 1.29 is 5.11 Å². The molecule has 0 heterocycles. The van der Waals surface area contributed by atoms with Gasteiger partial charge in [0.15, 0.2) is 0 Å². The van der Waals surface area contributed by atoms with Gasteiger partial charge in [-0.2, -0.15) is 0 Å². The van der Waals surface area contributed by atoms with Crippen LogP contribution in [-0.4, -0.2) is 11.2 Å². The van der Waals surface area contributed by atoms with Gasteiger partial charge in [-0.05, 0) is 36.5 Å². The summed E-state index contributed by atoms with van der Waals surface area (Å²) in [7, 11) is 0. The third-order valence-corrected chi connectivity index (χ3v) is 5.13. The van der Waals surface area contributed by atoms with E-state index in [-0.39, 0.29) is 6.10 Å². The van der Waals surface area contributed by atoms with Gasteiger partial charge in [-0.3, -0.25) is 0 Å². The Hall–Kier alpha value is -0.0400. The fourth-order valence-corrected chi connectivity index (χ4v) is 2.99. The van der Waals surface area contributed by atoms with E-state index in [1.165, 1.54) is 44.9 Å². The predicted octanol–water partition coefficient (Wildman–Crippen LogP) is 6.44. The van der Waals surface area contributed by atoms with Crippen molar-refractivity contribution >= 4 is 0 Å². The molecule has 21 heavy (non-hydrogen) atoms. The van der Waals surface area contributed by atoms with Crippen LogP contribution in [0.3, 0.4) is 0 Å². The van der Waals surface area contributed by atoms with Crippen LogP contribution in [0, 0.1) is 23.7 Å². The molecule has 0 saturated heterocycles. The molecule has 0 aromatic heterocycles. The van der Waals surface area contributed by atoms with Gasteiger partial charge in [0.25, 0.3) is 0 Å². The van der Waals surface area contributed by atoms with Gasteiger partial charge >= 0.3 is 0 Å². The van der Waals surface area contributed by atoms with Gasteiger partial charge in [0.05, 0.1) is 6.10 Å². The summed E-state index contributed by atoms with van der Waals surface area (Å²) in [5.74, 6) is 2.97. The molecule has 0 fully saturated rings. The Bertz CT molecular complexity index is 224. The van der Waals surface area contributed by atoms with E-state index in [2.05, 4.69) is 41.5 Å². The first-order chi connectivity index (χ1) is 9.86. The molecule has 0 aliphatic carbocycles. The quantitative estimate of drug-likeness (QED) is 0.414. The zero-order valence-electron chi connectivity index (χ0n) is 15.7. The number of hydrogen-bond donors (Lipinski definition) is 1. The fourth-order valence-electron chi connectivity index (χ4n) is 2.99. The molecule has 1 nitrogen and oxygen atoms in total. The number of aliphatic hydroxyl groups is 1. The van der Waals surface area contributed by atoms with Gasteiger partial charge in [0.1, 0.15) is 0 Å². The van der Waals surface area contributed by atoms with Crippen LogP contribution in [-0.2, 0) is 0 Å². The highest BCUT2D eigenvalue weighted by Crippen LogP contribution is 2.22. The van der Waals surface area contributed by atoms with Gasteiger partial charge in [-0.1, -0.05) is 86.5 Å². The lowest BCUT2D eigenvalue weighted by Gasteiger charge is -2.20. The molecule has 1 N–H and O–H groups in total. The molecule has 0 saturated carbocycles. The summed E-state index contributed by atoms with van der Waals surface area (Å²) in [6.07, 6.45) is 11.4. The van der Waals surface area contributed by atoms with Crippen LogP contribution in [0.2, 0.25) is 0 Å². The lowest BCUT2D eigenvalue weighted by atomic mass is 9.90. The molecule has 128 valence electrons. The van der Waals surface area contributed by atoms with Gasteiger partial charge in [0, 0.05) is 0 Å². The highest BCUT2D eigenvalue weighted by molar-refractivity contribution is 4.66. The summed E-state index contributed by atoms with van der Waals surface area (Å²) in [5.41, 5.74) is 0. The number of aliphatic hydroxyl groups excluding tert-OH is 1. The molecule has 0 spiro atoms. The first kappa shape index (κ1) is 21.0. The Balaban J connectivity index is 3.58. The predicted molar refractivity (Wildman–Crippen MR) is 95.6 cm³/mol. The Morgan fingerprint density at radius 3 is 1.62 bits per heavy atom. The highest BCUT2D eigenvalue weighted by Gasteiger charge is 2.14. The normalized spacial score (nSPS) is 17.7. The van der Waals surface area contributed by atoms with Crippen LogP contribution in [0.4, 0.5) is 0 Å². The van der Waals surface area contributed by atoms with Crippen molar-refractivity contribution in [3.05, 3.63) is 0 Å². The van der Waals surface area contributed by atoms with E-state index in [9.17, 15) is 5.11 Å². The second kappa shape index (κ2) is 12.5. The summed E-state index contributed by atoms with van der Waals surface area (Å²) >= 11 is 0. The molecule has 0 aromatic carbocycles. The van der Waals surface area contributed by atoms with Crippen LogP contribution in [0.5, 0.6) is 0 Å². The maximum atomic E-state index is 10.0. The van der Waals surface area contributed by atoms with Gasteiger partial charge < -0.3 is 5.11 Å². The summed E-state index contributed by atoms with van der Waals surface area (Å²) in [6, 6.07) is 0. The van der Waals surface area contributed by atoms with Crippen molar-refractivity contribution in [3.8, 4) is 0 Å². The standard InChI is InChI=1S/C20H42O/c1-7-19(6)20(21)15-14-18(5)13-9-12-17(4)11-8-10-16(2)3/h16-21H,7-15H2,1-6H3/t17-,18-,19?,20?/m1/s1. The van der Waals surface area contributed by atoms with Crippen molar-refractivity contribution in [1.29, 1.82) is 0 Å². The van der Waals surface area contributed by atoms with E-state index in [0.717, 1.165) is 30.6 Å². The molecule has 0 aliphatic heterocycles. The van der Waals surface area contributed by atoms with E-state index in [1.807, 2.05) is 0 Å². The Morgan fingerprint density at radius 1 is 0.667 bits per heavy atom. The minimum atomic E-state index is -0.0904. The molecule has 0 aliphatic rings. The van der Waals surface area contributed by atoms with E-state index < -0.39 is 0 Å². The SMILES string of the molecule is CCC(C)C(O)CC[C@H](C)CCC[C@H](C)CCCC(C)C. The lowest BCUT2D eigenvalue weighted by Crippen LogP contribution is -2.17. The smallest absolute Gasteiger partial charge is 0.0565 e. The van der Waals surface area contributed by atoms with Crippen LogP contribution in [0.25, 0.3) is 0 Å².